The molecule has 2 aromatic heterocycles. The highest BCUT2D eigenvalue weighted by Crippen LogP contribution is 2.07. The maximum absolute atomic E-state index is 12.4. The number of hydrogen-bond acceptors (Lipinski definition) is 5. The number of carbonyl (C=O) groups is 2. The van der Waals surface area contributed by atoms with Crippen LogP contribution in [-0.4, -0.2) is 70.9 Å². The first-order valence-electron chi connectivity index (χ1n) is 8.34. The van der Waals surface area contributed by atoms with Crippen molar-refractivity contribution in [3.05, 3.63) is 60.2 Å². The number of amides is 2. The van der Waals surface area contributed by atoms with Crippen LogP contribution in [0.1, 0.15) is 20.7 Å². The first-order valence-corrected chi connectivity index (χ1v) is 8.34. The van der Waals surface area contributed by atoms with E-state index in [-0.39, 0.29) is 11.8 Å². The van der Waals surface area contributed by atoms with Gasteiger partial charge in [0.1, 0.15) is 0 Å². The zero-order chi connectivity index (χ0) is 17.5. The number of nitrogens with one attached hydrogen (secondary N) is 1. The lowest BCUT2D eigenvalue weighted by molar-refractivity contribution is 0.0637. The Bertz CT molecular complexity index is 697. The zero-order valence-corrected chi connectivity index (χ0v) is 14.0. The van der Waals surface area contributed by atoms with Crippen LogP contribution in [0.15, 0.2) is 49.1 Å². The Kier molecular flexibility index (Phi) is 5.69. The van der Waals surface area contributed by atoms with Crippen LogP contribution < -0.4 is 5.32 Å². The highest BCUT2D eigenvalue weighted by atomic mass is 16.2. The summed E-state index contributed by atoms with van der Waals surface area (Å²) in [4.78, 5) is 36.3. The standard InChI is InChI=1S/C18H21N5O2/c24-17(15-3-6-19-7-4-15)21-8-9-22-10-12-23(13-11-22)18(25)16-2-1-5-20-14-16/h1-7,14H,8-13H2,(H,21,24). The van der Waals surface area contributed by atoms with E-state index in [1.165, 1.54) is 0 Å². The van der Waals surface area contributed by atoms with Gasteiger partial charge in [-0.25, -0.2) is 0 Å². The summed E-state index contributed by atoms with van der Waals surface area (Å²) in [6, 6.07) is 6.95. The van der Waals surface area contributed by atoms with Crippen molar-refractivity contribution < 1.29 is 9.59 Å². The normalized spacial score (nSPS) is 15.0. The van der Waals surface area contributed by atoms with Gasteiger partial charge >= 0.3 is 0 Å². The summed E-state index contributed by atoms with van der Waals surface area (Å²) in [6.07, 6.45) is 6.47. The van der Waals surface area contributed by atoms with Gasteiger partial charge in [-0.05, 0) is 24.3 Å². The molecule has 3 heterocycles. The second-order valence-corrected chi connectivity index (χ2v) is 5.87. The van der Waals surface area contributed by atoms with E-state index in [0.717, 1.165) is 19.6 Å². The molecule has 3 rings (SSSR count). The Hall–Kier alpha value is -2.80. The summed E-state index contributed by atoms with van der Waals surface area (Å²) < 4.78 is 0. The van der Waals surface area contributed by atoms with Crippen LogP contribution in [0.25, 0.3) is 0 Å². The molecule has 130 valence electrons. The third kappa shape index (κ3) is 4.60. The summed E-state index contributed by atoms with van der Waals surface area (Å²) in [5, 5.41) is 2.91. The smallest absolute Gasteiger partial charge is 0.255 e. The van der Waals surface area contributed by atoms with Gasteiger partial charge in [0.15, 0.2) is 0 Å². The van der Waals surface area contributed by atoms with Gasteiger partial charge < -0.3 is 10.2 Å². The van der Waals surface area contributed by atoms with Gasteiger partial charge in [-0.3, -0.25) is 24.5 Å². The van der Waals surface area contributed by atoms with E-state index in [1.807, 2.05) is 4.90 Å². The minimum absolute atomic E-state index is 0.0266. The number of nitrogens with zero attached hydrogens (tertiary/aromatic N) is 4. The van der Waals surface area contributed by atoms with E-state index >= 15 is 0 Å². The van der Waals surface area contributed by atoms with E-state index in [1.54, 1.807) is 49.1 Å². The van der Waals surface area contributed by atoms with E-state index in [9.17, 15) is 9.59 Å². The molecular weight excluding hydrogens is 318 g/mol. The Morgan fingerprint density at radius 3 is 2.40 bits per heavy atom. The molecule has 1 N–H and O–H groups in total. The number of aromatic nitrogens is 2. The van der Waals surface area contributed by atoms with Crippen LogP contribution in [0.3, 0.4) is 0 Å². The summed E-state index contributed by atoms with van der Waals surface area (Å²) >= 11 is 0. The molecule has 1 saturated heterocycles. The molecular formula is C18H21N5O2. The van der Waals surface area contributed by atoms with Crippen molar-refractivity contribution in [2.24, 2.45) is 0 Å². The van der Waals surface area contributed by atoms with Crippen LogP contribution in [0.5, 0.6) is 0 Å². The van der Waals surface area contributed by atoms with Crippen LogP contribution in [-0.2, 0) is 0 Å². The molecule has 25 heavy (non-hydrogen) atoms. The van der Waals surface area contributed by atoms with Gasteiger partial charge in [0.25, 0.3) is 11.8 Å². The molecule has 1 aliphatic rings. The van der Waals surface area contributed by atoms with Gasteiger partial charge in [-0.2, -0.15) is 0 Å². The lowest BCUT2D eigenvalue weighted by Gasteiger charge is -2.34. The summed E-state index contributed by atoms with van der Waals surface area (Å²) in [7, 11) is 0. The van der Waals surface area contributed by atoms with Crippen molar-refractivity contribution in [3.8, 4) is 0 Å². The average Bonchev–Trinajstić information content (AvgIpc) is 2.69. The van der Waals surface area contributed by atoms with Gasteiger partial charge in [0.05, 0.1) is 5.56 Å². The molecule has 7 heteroatoms. The molecule has 0 saturated carbocycles. The number of rotatable bonds is 5. The fraction of sp³-hybridized carbons (Fsp3) is 0.333. The third-order valence-corrected chi connectivity index (χ3v) is 4.22. The predicted molar refractivity (Wildman–Crippen MR) is 93.2 cm³/mol. The molecule has 1 fully saturated rings. The molecule has 2 aromatic rings. The molecule has 2 amide bonds. The van der Waals surface area contributed by atoms with Crippen molar-refractivity contribution in [3.63, 3.8) is 0 Å². The van der Waals surface area contributed by atoms with Crippen molar-refractivity contribution >= 4 is 11.8 Å². The molecule has 0 spiro atoms. The first-order chi connectivity index (χ1) is 12.2. The quantitative estimate of drug-likeness (QED) is 0.866. The fourth-order valence-electron chi connectivity index (χ4n) is 2.78. The number of pyridine rings is 2. The molecule has 0 aromatic carbocycles. The van der Waals surface area contributed by atoms with Gasteiger partial charge in [0, 0.05) is 69.6 Å². The monoisotopic (exact) mass is 339 g/mol. The van der Waals surface area contributed by atoms with E-state index in [2.05, 4.69) is 20.2 Å². The molecule has 0 aliphatic carbocycles. The van der Waals surface area contributed by atoms with Crippen molar-refractivity contribution in [2.45, 2.75) is 0 Å². The molecule has 0 radical (unpaired) electrons. The zero-order valence-electron chi connectivity index (χ0n) is 14.0. The SMILES string of the molecule is O=C(NCCN1CCN(C(=O)c2cccnc2)CC1)c1ccncc1. The van der Waals surface area contributed by atoms with Crippen molar-refractivity contribution in [1.29, 1.82) is 0 Å². The van der Waals surface area contributed by atoms with Crippen molar-refractivity contribution in [2.75, 3.05) is 39.3 Å². The minimum Gasteiger partial charge on any atom is -0.351 e. The second-order valence-electron chi connectivity index (χ2n) is 5.87. The van der Waals surface area contributed by atoms with Crippen LogP contribution in [0.2, 0.25) is 0 Å². The van der Waals surface area contributed by atoms with Crippen LogP contribution in [0, 0.1) is 0 Å². The topological polar surface area (TPSA) is 78.4 Å². The van der Waals surface area contributed by atoms with E-state index in [4.69, 9.17) is 0 Å². The Labute approximate surface area is 146 Å². The van der Waals surface area contributed by atoms with Crippen LogP contribution in [0.4, 0.5) is 0 Å². The largest absolute Gasteiger partial charge is 0.351 e. The molecule has 7 nitrogen and oxygen atoms in total. The lowest BCUT2D eigenvalue weighted by Crippen LogP contribution is -2.50. The van der Waals surface area contributed by atoms with Crippen LogP contribution >= 0.6 is 0 Å². The fourth-order valence-corrected chi connectivity index (χ4v) is 2.78. The predicted octanol–water partition coefficient (Wildman–Crippen LogP) is 0.664. The Balaban J connectivity index is 1.39. The molecule has 0 unspecified atom stereocenters. The van der Waals surface area contributed by atoms with Gasteiger partial charge in [-0.1, -0.05) is 0 Å². The molecule has 1 aliphatic heterocycles. The maximum Gasteiger partial charge on any atom is 0.255 e. The third-order valence-electron chi connectivity index (χ3n) is 4.22. The van der Waals surface area contributed by atoms with Gasteiger partial charge in [0.2, 0.25) is 0 Å². The summed E-state index contributed by atoms with van der Waals surface area (Å²) in [5.74, 6) is -0.0634. The first kappa shape index (κ1) is 17.0. The molecule has 0 atom stereocenters. The number of hydrogen-bond donors (Lipinski definition) is 1. The highest BCUT2D eigenvalue weighted by Gasteiger charge is 2.22. The molecule has 0 bridgehead atoms. The van der Waals surface area contributed by atoms with Crippen molar-refractivity contribution in [1.82, 2.24) is 25.1 Å². The highest BCUT2D eigenvalue weighted by molar-refractivity contribution is 5.94. The number of carbonyl (C=O) groups excluding carboxylic acids is 2. The average molecular weight is 339 g/mol. The lowest BCUT2D eigenvalue weighted by atomic mass is 10.2. The maximum atomic E-state index is 12.4. The van der Waals surface area contributed by atoms with Gasteiger partial charge in [-0.15, -0.1) is 0 Å². The van der Waals surface area contributed by atoms with E-state index in [0.29, 0.717) is 30.8 Å². The second kappa shape index (κ2) is 8.34. The minimum atomic E-state index is -0.0900. The Morgan fingerprint density at radius 2 is 1.72 bits per heavy atom. The van der Waals surface area contributed by atoms with E-state index < -0.39 is 0 Å². The summed E-state index contributed by atoms with van der Waals surface area (Å²) in [6.45, 7) is 4.33. The number of piperazine rings is 1. The summed E-state index contributed by atoms with van der Waals surface area (Å²) in [5.41, 5.74) is 1.24. The Morgan fingerprint density at radius 1 is 0.960 bits per heavy atom.